The minimum Gasteiger partial charge on any atom is -0.494 e. The van der Waals surface area contributed by atoms with E-state index in [1.54, 1.807) is 18.3 Å². The Hall–Kier alpha value is -3.99. The number of methoxy groups -OCH3 is 1. The smallest absolute Gasteiger partial charge is 0.262 e. The van der Waals surface area contributed by atoms with Gasteiger partial charge in [0.1, 0.15) is 17.8 Å². The zero-order valence-electron chi connectivity index (χ0n) is 19.4. The van der Waals surface area contributed by atoms with Crippen molar-refractivity contribution in [3.8, 4) is 5.75 Å². The molecular weight excluding hydrogens is 485 g/mol. The molecule has 4 aromatic rings. The largest absolute Gasteiger partial charge is 0.494 e. The van der Waals surface area contributed by atoms with Gasteiger partial charge in [-0.15, -0.1) is 0 Å². The number of benzene rings is 2. The summed E-state index contributed by atoms with van der Waals surface area (Å²) in [4.78, 5) is 21.8. The highest BCUT2D eigenvalue weighted by atomic mass is 32.2. The number of anilines is 2. The van der Waals surface area contributed by atoms with Crippen LogP contribution in [0.2, 0.25) is 0 Å². The molecule has 1 fully saturated rings. The summed E-state index contributed by atoms with van der Waals surface area (Å²) in [6.45, 7) is 0. The topological polar surface area (TPSA) is 129 Å². The SMILES string of the molecule is COc1ccc(S(=O)(=O)Nc2cccc(C(=O)c3cn(C4CCCC4)c4ncnc(N)c34)c2)cc1F. The molecule has 1 saturated carbocycles. The fourth-order valence-electron chi connectivity index (χ4n) is 4.65. The number of carbonyl (C=O) groups is 1. The number of hydrogen-bond acceptors (Lipinski definition) is 7. The number of nitrogens with one attached hydrogen (secondary N) is 1. The van der Waals surface area contributed by atoms with Gasteiger partial charge in [0.05, 0.1) is 23.0 Å². The van der Waals surface area contributed by atoms with Crippen molar-refractivity contribution in [1.82, 2.24) is 14.5 Å². The van der Waals surface area contributed by atoms with E-state index >= 15 is 0 Å². The van der Waals surface area contributed by atoms with Crippen LogP contribution >= 0.6 is 0 Å². The van der Waals surface area contributed by atoms with Gasteiger partial charge in [-0.2, -0.15) is 0 Å². The van der Waals surface area contributed by atoms with E-state index in [9.17, 15) is 17.6 Å². The molecular formula is C25H24FN5O4S. The normalized spacial score (nSPS) is 14.3. The molecule has 11 heteroatoms. The van der Waals surface area contributed by atoms with E-state index in [0.29, 0.717) is 16.6 Å². The minimum absolute atomic E-state index is 0.0680. The molecule has 0 amide bonds. The maximum Gasteiger partial charge on any atom is 0.262 e. The number of aromatic nitrogens is 3. The highest BCUT2D eigenvalue weighted by Crippen LogP contribution is 2.35. The van der Waals surface area contributed by atoms with Gasteiger partial charge in [-0.1, -0.05) is 25.0 Å². The Morgan fingerprint density at radius 1 is 1.17 bits per heavy atom. The molecule has 3 N–H and O–H groups in total. The van der Waals surface area contributed by atoms with Gasteiger partial charge >= 0.3 is 0 Å². The van der Waals surface area contributed by atoms with Crippen molar-refractivity contribution in [2.75, 3.05) is 17.6 Å². The number of carbonyl (C=O) groups excluding carboxylic acids is 1. The molecule has 2 heterocycles. The number of halogens is 1. The lowest BCUT2D eigenvalue weighted by atomic mass is 10.0. The van der Waals surface area contributed by atoms with Crippen molar-refractivity contribution in [3.63, 3.8) is 0 Å². The molecule has 0 radical (unpaired) electrons. The first kappa shape index (κ1) is 23.7. The average Bonchev–Trinajstić information content (AvgIpc) is 3.52. The van der Waals surface area contributed by atoms with E-state index in [1.165, 1.54) is 37.7 Å². The standard InChI is InChI=1S/C25H24FN5O4S/c1-35-21-10-9-18(12-20(21)26)36(33,34)30-16-6-4-5-15(11-16)23(32)19-13-31(17-7-2-3-8-17)25-22(19)24(27)28-14-29-25/h4-6,9-14,17,30H,2-3,7-8H2,1H3,(H2,27,28,29). The number of nitrogens with two attached hydrogens (primary N) is 1. The molecule has 1 aliphatic carbocycles. The monoisotopic (exact) mass is 509 g/mol. The lowest BCUT2D eigenvalue weighted by Crippen LogP contribution is -2.14. The zero-order valence-corrected chi connectivity index (χ0v) is 20.3. The van der Waals surface area contributed by atoms with Gasteiger partial charge in [0.15, 0.2) is 17.3 Å². The van der Waals surface area contributed by atoms with Crippen molar-refractivity contribution in [1.29, 1.82) is 0 Å². The Morgan fingerprint density at radius 3 is 2.67 bits per heavy atom. The first-order valence-corrected chi connectivity index (χ1v) is 12.9. The maximum atomic E-state index is 14.1. The molecule has 0 unspecified atom stereocenters. The number of nitrogen functional groups attached to an aromatic ring is 1. The highest BCUT2D eigenvalue weighted by molar-refractivity contribution is 7.92. The second kappa shape index (κ2) is 9.23. The molecule has 36 heavy (non-hydrogen) atoms. The Kier molecular flexibility index (Phi) is 6.09. The van der Waals surface area contributed by atoms with Gasteiger partial charge in [-0.3, -0.25) is 9.52 Å². The Bertz CT molecular complexity index is 1580. The first-order chi connectivity index (χ1) is 17.3. The molecule has 186 valence electrons. The Morgan fingerprint density at radius 2 is 1.94 bits per heavy atom. The number of ketones is 1. The van der Waals surface area contributed by atoms with Gasteiger partial charge in [0, 0.05) is 23.5 Å². The van der Waals surface area contributed by atoms with E-state index in [1.807, 2.05) is 4.57 Å². The van der Waals surface area contributed by atoms with Crippen LogP contribution in [0.3, 0.4) is 0 Å². The predicted molar refractivity (Wildman–Crippen MR) is 133 cm³/mol. The van der Waals surface area contributed by atoms with Crippen LogP contribution in [-0.2, 0) is 10.0 Å². The van der Waals surface area contributed by atoms with Crippen LogP contribution in [0.15, 0.2) is 59.9 Å². The zero-order chi connectivity index (χ0) is 25.4. The second-order valence-corrected chi connectivity index (χ2v) is 10.3. The van der Waals surface area contributed by atoms with Crippen molar-refractivity contribution in [3.05, 3.63) is 71.9 Å². The summed E-state index contributed by atoms with van der Waals surface area (Å²) < 4.78 is 49.0. The first-order valence-electron chi connectivity index (χ1n) is 11.4. The van der Waals surface area contributed by atoms with Crippen LogP contribution in [-0.4, -0.2) is 35.8 Å². The van der Waals surface area contributed by atoms with Gasteiger partial charge in [-0.25, -0.2) is 22.8 Å². The fourth-order valence-corrected chi connectivity index (χ4v) is 5.71. The van der Waals surface area contributed by atoms with Gasteiger partial charge in [0.2, 0.25) is 0 Å². The maximum absolute atomic E-state index is 14.1. The van der Waals surface area contributed by atoms with Crippen molar-refractivity contribution >= 4 is 38.3 Å². The molecule has 0 bridgehead atoms. The van der Waals surface area contributed by atoms with Crippen LogP contribution in [0.1, 0.15) is 47.6 Å². The third-order valence-electron chi connectivity index (χ3n) is 6.41. The fraction of sp³-hybridized carbons (Fsp3) is 0.240. The number of ether oxygens (including phenoxy) is 1. The molecule has 5 rings (SSSR count). The lowest BCUT2D eigenvalue weighted by molar-refractivity contribution is 0.104. The van der Waals surface area contributed by atoms with Crippen LogP contribution in [0, 0.1) is 5.82 Å². The molecule has 1 aliphatic rings. The summed E-state index contributed by atoms with van der Waals surface area (Å²) >= 11 is 0. The number of rotatable bonds is 7. The van der Waals surface area contributed by atoms with E-state index in [-0.39, 0.29) is 39.5 Å². The summed E-state index contributed by atoms with van der Waals surface area (Å²) in [6, 6.07) is 9.66. The predicted octanol–water partition coefficient (Wildman–Crippen LogP) is 4.31. The lowest BCUT2D eigenvalue weighted by Gasteiger charge is -2.12. The molecule has 0 atom stereocenters. The Labute approximate surface area is 207 Å². The summed E-state index contributed by atoms with van der Waals surface area (Å²) in [5, 5.41) is 0.481. The summed E-state index contributed by atoms with van der Waals surface area (Å²) in [7, 11) is -2.83. The van der Waals surface area contributed by atoms with E-state index in [4.69, 9.17) is 10.5 Å². The molecule has 0 saturated heterocycles. The molecule has 0 aliphatic heterocycles. The van der Waals surface area contributed by atoms with Crippen molar-refractivity contribution in [2.24, 2.45) is 0 Å². The number of hydrogen-bond donors (Lipinski definition) is 2. The molecule has 2 aromatic heterocycles. The average molecular weight is 510 g/mol. The van der Waals surface area contributed by atoms with Crippen LogP contribution in [0.5, 0.6) is 5.75 Å². The van der Waals surface area contributed by atoms with E-state index in [2.05, 4.69) is 14.7 Å². The number of fused-ring (bicyclic) bond motifs is 1. The summed E-state index contributed by atoms with van der Waals surface area (Å²) in [6.07, 6.45) is 7.35. The van der Waals surface area contributed by atoms with Crippen LogP contribution < -0.4 is 15.2 Å². The molecule has 9 nitrogen and oxygen atoms in total. The Balaban J connectivity index is 1.49. The van der Waals surface area contributed by atoms with Crippen LogP contribution in [0.4, 0.5) is 15.9 Å². The minimum atomic E-state index is -4.12. The summed E-state index contributed by atoms with van der Waals surface area (Å²) in [5.74, 6) is -1.00. The van der Waals surface area contributed by atoms with Gasteiger partial charge in [-0.05, 0) is 43.2 Å². The number of nitrogens with zero attached hydrogens (tertiary/aromatic N) is 3. The summed E-state index contributed by atoms with van der Waals surface area (Å²) in [5.41, 5.74) is 7.52. The third-order valence-corrected chi connectivity index (χ3v) is 7.79. The van der Waals surface area contributed by atoms with Gasteiger partial charge in [0.25, 0.3) is 10.0 Å². The van der Waals surface area contributed by atoms with E-state index in [0.717, 1.165) is 31.7 Å². The van der Waals surface area contributed by atoms with Gasteiger partial charge < -0.3 is 15.0 Å². The highest BCUT2D eigenvalue weighted by Gasteiger charge is 2.26. The quantitative estimate of drug-likeness (QED) is 0.355. The number of sulfonamides is 1. The van der Waals surface area contributed by atoms with E-state index < -0.39 is 15.8 Å². The van der Waals surface area contributed by atoms with Crippen molar-refractivity contribution < 1.29 is 22.3 Å². The second-order valence-electron chi connectivity index (χ2n) is 8.66. The molecule has 2 aromatic carbocycles. The van der Waals surface area contributed by atoms with Crippen molar-refractivity contribution in [2.45, 2.75) is 36.6 Å². The van der Waals surface area contributed by atoms with Crippen LogP contribution in [0.25, 0.3) is 11.0 Å². The third kappa shape index (κ3) is 4.26. The molecule has 0 spiro atoms.